The predicted octanol–water partition coefficient (Wildman–Crippen LogP) is 7.50. The maximum Gasteiger partial charge on any atom is 0.158 e. The van der Waals surface area contributed by atoms with E-state index in [0.29, 0.717) is 23.7 Å². The summed E-state index contributed by atoms with van der Waals surface area (Å²) >= 11 is 0. The fraction of sp³-hybridized carbons (Fsp3) is 0.806. The quantitative estimate of drug-likeness (QED) is 0.225. The molecule has 5 rings (SSSR count). The fourth-order valence-electron chi connectivity index (χ4n) is 7.23. The molecule has 196 valence electrons. The van der Waals surface area contributed by atoms with Crippen molar-refractivity contribution in [2.24, 2.45) is 23.7 Å². The van der Waals surface area contributed by atoms with Crippen LogP contribution in [0.2, 0.25) is 0 Å². The SMILES string of the molecule is C=CCCCC1=C[C@H]2C[C@@H](OC3CCCCO3)[C@@H](C=C[C@@H](OC3CCCCO3)C3CCCC3)[C@@H]2C1. The van der Waals surface area contributed by atoms with Crippen LogP contribution in [-0.4, -0.2) is 38.0 Å². The molecule has 2 heterocycles. The second kappa shape index (κ2) is 13.0. The predicted molar refractivity (Wildman–Crippen MR) is 140 cm³/mol. The zero-order chi connectivity index (χ0) is 23.9. The monoisotopic (exact) mass is 484 g/mol. The molecule has 0 radical (unpaired) electrons. The highest BCUT2D eigenvalue weighted by Gasteiger charge is 2.45. The normalized spacial score (nSPS) is 37.0. The molecule has 2 saturated carbocycles. The van der Waals surface area contributed by atoms with E-state index in [-0.39, 0.29) is 24.8 Å². The van der Waals surface area contributed by atoms with Crippen LogP contribution in [0, 0.1) is 23.7 Å². The minimum atomic E-state index is -0.0253. The molecule has 0 bridgehead atoms. The topological polar surface area (TPSA) is 36.9 Å². The number of ether oxygens (including phenoxy) is 4. The van der Waals surface area contributed by atoms with Gasteiger partial charge in [-0.15, -0.1) is 6.58 Å². The number of unbranched alkanes of at least 4 members (excludes halogenated alkanes) is 1. The van der Waals surface area contributed by atoms with Gasteiger partial charge in [0.2, 0.25) is 0 Å². The maximum absolute atomic E-state index is 6.66. The summed E-state index contributed by atoms with van der Waals surface area (Å²) < 4.78 is 25.3. The summed E-state index contributed by atoms with van der Waals surface area (Å²) in [6.45, 7) is 5.58. The second-order valence-corrected chi connectivity index (χ2v) is 11.6. The molecule has 0 aromatic carbocycles. The second-order valence-electron chi connectivity index (χ2n) is 11.6. The number of fused-ring (bicyclic) bond motifs is 1. The van der Waals surface area contributed by atoms with Crippen LogP contribution in [0.4, 0.5) is 0 Å². The third kappa shape index (κ3) is 6.89. The van der Waals surface area contributed by atoms with E-state index in [0.717, 1.165) is 38.9 Å². The largest absolute Gasteiger partial charge is 0.353 e. The van der Waals surface area contributed by atoms with Gasteiger partial charge in [0.05, 0.1) is 12.2 Å². The summed E-state index contributed by atoms with van der Waals surface area (Å²) in [5.41, 5.74) is 1.66. The third-order valence-corrected chi connectivity index (χ3v) is 9.13. The Balaban J connectivity index is 1.28. The van der Waals surface area contributed by atoms with Gasteiger partial charge >= 0.3 is 0 Å². The van der Waals surface area contributed by atoms with Crippen LogP contribution in [0.15, 0.2) is 36.5 Å². The third-order valence-electron chi connectivity index (χ3n) is 9.13. The van der Waals surface area contributed by atoms with Crippen LogP contribution >= 0.6 is 0 Å². The Morgan fingerprint density at radius 2 is 1.71 bits per heavy atom. The molecule has 4 fully saturated rings. The van der Waals surface area contributed by atoms with Crippen molar-refractivity contribution in [3.63, 3.8) is 0 Å². The Hall–Kier alpha value is -0.940. The van der Waals surface area contributed by atoms with Gasteiger partial charge in [-0.3, -0.25) is 0 Å². The van der Waals surface area contributed by atoms with E-state index in [1.165, 1.54) is 70.6 Å². The molecule has 4 nitrogen and oxygen atoms in total. The molecule has 0 aromatic heterocycles. The van der Waals surface area contributed by atoms with Crippen LogP contribution in [0.25, 0.3) is 0 Å². The van der Waals surface area contributed by atoms with Gasteiger partial charge in [0.1, 0.15) is 0 Å². The minimum Gasteiger partial charge on any atom is -0.353 e. The molecule has 4 heteroatoms. The van der Waals surface area contributed by atoms with Crippen molar-refractivity contribution in [1.82, 2.24) is 0 Å². The Morgan fingerprint density at radius 1 is 0.971 bits per heavy atom. The van der Waals surface area contributed by atoms with Gasteiger partial charge < -0.3 is 18.9 Å². The molecular weight excluding hydrogens is 436 g/mol. The van der Waals surface area contributed by atoms with Gasteiger partial charge in [0, 0.05) is 19.1 Å². The van der Waals surface area contributed by atoms with Crippen molar-refractivity contribution in [1.29, 1.82) is 0 Å². The standard InChI is InChI=1S/C31H48O4/c1-2-3-4-11-23-20-25-22-29(35-31-15-8-10-19-33-31)26(27(25)21-23)16-17-28(24-12-5-6-13-24)34-30-14-7-9-18-32-30/h2,16-17,20,24-31H,1,3-15,18-19,21-22H2/t25-,26-,27+,28+,29+,30?,31?/m0/s1. The van der Waals surface area contributed by atoms with Crippen molar-refractivity contribution in [3.05, 3.63) is 36.5 Å². The van der Waals surface area contributed by atoms with Crippen molar-refractivity contribution in [2.75, 3.05) is 13.2 Å². The van der Waals surface area contributed by atoms with Crippen molar-refractivity contribution in [2.45, 2.75) is 121 Å². The van der Waals surface area contributed by atoms with E-state index >= 15 is 0 Å². The number of hydrogen-bond donors (Lipinski definition) is 0. The highest BCUT2D eigenvalue weighted by Crippen LogP contribution is 2.50. The van der Waals surface area contributed by atoms with E-state index in [1.807, 2.05) is 0 Å². The molecule has 2 unspecified atom stereocenters. The first-order valence-electron chi connectivity index (χ1n) is 14.8. The first-order chi connectivity index (χ1) is 17.3. The van der Waals surface area contributed by atoms with Crippen LogP contribution in [-0.2, 0) is 18.9 Å². The summed E-state index contributed by atoms with van der Waals surface area (Å²) in [4.78, 5) is 0. The highest BCUT2D eigenvalue weighted by atomic mass is 16.7. The molecule has 2 saturated heterocycles. The summed E-state index contributed by atoms with van der Waals surface area (Å²) in [6, 6.07) is 0. The number of rotatable bonds is 11. The molecule has 0 spiro atoms. The zero-order valence-electron chi connectivity index (χ0n) is 21.8. The van der Waals surface area contributed by atoms with E-state index in [9.17, 15) is 0 Å². The molecule has 3 aliphatic carbocycles. The number of hydrogen-bond acceptors (Lipinski definition) is 4. The zero-order valence-corrected chi connectivity index (χ0v) is 21.8. The lowest BCUT2D eigenvalue weighted by Crippen LogP contribution is -2.32. The van der Waals surface area contributed by atoms with E-state index in [1.54, 1.807) is 5.57 Å². The first-order valence-corrected chi connectivity index (χ1v) is 14.8. The van der Waals surface area contributed by atoms with Crippen molar-refractivity contribution in [3.8, 4) is 0 Å². The van der Waals surface area contributed by atoms with Gasteiger partial charge in [-0.2, -0.15) is 0 Å². The lowest BCUT2D eigenvalue weighted by Gasteiger charge is -2.31. The smallest absolute Gasteiger partial charge is 0.158 e. The van der Waals surface area contributed by atoms with Crippen molar-refractivity contribution < 1.29 is 18.9 Å². The first kappa shape index (κ1) is 25.7. The fourth-order valence-corrected chi connectivity index (χ4v) is 7.23. The average molecular weight is 485 g/mol. The summed E-state index contributed by atoms with van der Waals surface area (Å²) in [6.07, 6.45) is 28.0. The van der Waals surface area contributed by atoms with Gasteiger partial charge in [0.25, 0.3) is 0 Å². The van der Waals surface area contributed by atoms with Crippen LogP contribution in [0.5, 0.6) is 0 Å². The van der Waals surface area contributed by atoms with E-state index in [4.69, 9.17) is 18.9 Å². The van der Waals surface area contributed by atoms with Crippen molar-refractivity contribution >= 4 is 0 Å². The van der Waals surface area contributed by atoms with E-state index in [2.05, 4.69) is 30.9 Å². The average Bonchev–Trinajstić information content (AvgIpc) is 3.61. The molecule has 35 heavy (non-hydrogen) atoms. The molecule has 7 atom stereocenters. The van der Waals surface area contributed by atoms with Gasteiger partial charge in [-0.25, -0.2) is 0 Å². The number of allylic oxidation sites excluding steroid dienone is 3. The van der Waals surface area contributed by atoms with Gasteiger partial charge in [-0.1, -0.05) is 42.7 Å². The molecular formula is C31H48O4. The Labute approximate surface area is 213 Å². The van der Waals surface area contributed by atoms with Gasteiger partial charge in [-0.05, 0) is 101 Å². The van der Waals surface area contributed by atoms with E-state index < -0.39 is 0 Å². The minimum absolute atomic E-state index is 0.0166. The summed E-state index contributed by atoms with van der Waals surface area (Å²) in [5, 5.41) is 0. The van der Waals surface area contributed by atoms with Crippen LogP contribution < -0.4 is 0 Å². The lowest BCUT2D eigenvalue weighted by atomic mass is 9.87. The molecule has 0 amide bonds. The molecule has 0 N–H and O–H groups in total. The van der Waals surface area contributed by atoms with Crippen LogP contribution in [0.3, 0.4) is 0 Å². The molecule has 5 aliphatic rings. The summed E-state index contributed by atoms with van der Waals surface area (Å²) in [7, 11) is 0. The Morgan fingerprint density at radius 3 is 2.43 bits per heavy atom. The lowest BCUT2D eigenvalue weighted by molar-refractivity contribution is -0.193. The van der Waals surface area contributed by atoms with Gasteiger partial charge in [0.15, 0.2) is 12.6 Å². The molecule has 0 aromatic rings. The summed E-state index contributed by atoms with van der Waals surface area (Å²) in [5.74, 6) is 2.38. The Bertz CT molecular complexity index is 711. The van der Waals surface area contributed by atoms with Crippen LogP contribution in [0.1, 0.15) is 96.3 Å². The maximum atomic E-state index is 6.66. The highest BCUT2D eigenvalue weighted by molar-refractivity contribution is 5.21. The Kier molecular flexibility index (Phi) is 9.57. The molecule has 2 aliphatic heterocycles.